The number of benzene rings is 2. The van der Waals surface area contributed by atoms with Crippen molar-refractivity contribution in [2.45, 2.75) is 31.9 Å². The van der Waals surface area contributed by atoms with Crippen LogP contribution in [-0.2, 0) is 11.3 Å². The van der Waals surface area contributed by atoms with Gasteiger partial charge >= 0.3 is 0 Å². The van der Waals surface area contributed by atoms with Crippen molar-refractivity contribution in [3.8, 4) is 5.75 Å². The molecule has 2 aromatic rings. The normalized spacial score (nSPS) is 18.1. The number of para-hydroxylation sites is 1. The first-order chi connectivity index (χ1) is 14.1. The molecule has 1 atom stereocenters. The number of β-amino-alcohol motifs (C(OH)–C–C–N with tert-alkyl or cyclic N) is 1. The molecule has 1 saturated carbocycles. The summed E-state index contributed by atoms with van der Waals surface area (Å²) in [5, 5.41) is 10.5. The minimum Gasteiger partial charge on any atom is -0.491 e. The van der Waals surface area contributed by atoms with Gasteiger partial charge in [0.25, 0.3) is 0 Å². The Balaban J connectivity index is 1.46. The number of carbonyl (C=O) groups is 1. The van der Waals surface area contributed by atoms with E-state index in [1.54, 1.807) is 6.07 Å². The highest BCUT2D eigenvalue weighted by Gasteiger charge is 2.29. The minimum atomic E-state index is -0.731. The van der Waals surface area contributed by atoms with E-state index in [1.165, 1.54) is 25.0 Å². The second-order valence-corrected chi connectivity index (χ2v) is 7.96. The Kier molecular flexibility index (Phi) is 6.00. The van der Waals surface area contributed by atoms with Crippen molar-refractivity contribution in [1.29, 1.82) is 0 Å². The molecule has 1 aliphatic heterocycles. The Morgan fingerprint density at radius 3 is 2.69 bits per heavy atom. The molecule has 0 radical (unpaired) electrons. The first kappa shape index (κ1) is 19.7. The van der Waals surface area contributed by atoms with Crippen LogP contribution in [-0.4, -0.2) is 48.3 Å². The summed E-state index contributed by atoms with van der Waals surface area (Å²) in [6, 6.07) is 14.0. The Hall–Kier alpha value is -2.60. The van der Waals surface area contributed by atoms with Crippen LogP contribution in [0.25, 0.3) is 0 Å². The molecule has 5 nitrogen and oxygen atoms in total. The topological polar surface area (TPSA) is 53.0 Å². The first-order valence-corrected chi connectivity index (χ1v) is 10.3. The SMILES string of the molecule is O=C1CCN(CC(O)COc2ccccc2)c2ccc(F)cc2CN1CC1CC1. The van der Waals surface area contributed by atoms with Crippen LogP contribution in [0.1, 0.15) is 24.8 Å². The summed E-state index contributed by atoms with van der Waals surface area (Å²) in [4.78, 5) is 16.5. The summed E-state index contributed by atoms with van der Waals surface area (Å²) < 4.78 is 19.6. The van der Waals surface area contributed by atoms with Gasteiger partial charge in [0.15, 0.2) is 0 Å². The third-order valence-electron chi connectivity index (χ3n) is 5.48. The first-order valence-electron chi connectivity index (χ1n) is 10.3. The highest BCUT2D eigenvalue weighted by atomic mass is 19.1. The zero-order chi connectivity index (χ0) is 20.2. The van der Waals surface area contributed by atoms with E-state index in [9.17, 15) is 14.3 Å². The van der Waals surface area contributed by atoms with Gasteiger partial charge in [-0.2, -0.15) is 0 Å². The maximum absolute atomic E-state index is 13.9. The van der Waals surface area contributed by atoms with Crippen molar-refractivity contribution in [2.24, 2.45) is 5.92 Å². The van der Waals surface area contributed by atoms with E-state index in [1.807, 2.05) is 40.1 Å². The van der Waals surface area contributed by atoms with Crippen LogP contribution in [0.2, 0.25) is 0 Å². The largest absolute Gasteiger partial charge is 0.491 e. The van der Waals surface area contributed by atoms with E-state index in [-0.39, 0.29) is 18.3 Å². The lowest BCUT2D eigenvalue weighted by Crippen LogP contribution is -2.42. The third-order valence-corrected chi connectivity index (χ3v) is 5.48. The second kappa shape index (κ2) is 8.82. The van der Waals surface area contributed by atoms with E-state index < -0.39 is 6.10 Å². The van der Waals surface area contributed by atoms with Gasteiger partial charge in [-0.05, 0) is 54.7 Å². The molecule has 29 heavy (non-hydrogen) atoms. The number of fused-ring (bicyclic) bond motifs is 1. The number of aliphatic hydroxyl groups is 1. The smallest absolute Gasteiger partial charge is 0.224 e. The van der Waals surface area contributed by atoms with Crippen molar-refractivity contribution >= 4 is 11.6 Å². The third kappa shape index (κ3) is 5.26. The summed E-state index contributed by atoms with van der Waals surface area (Å²) in [7, 11) is 0. The van der Waals surface area contributed by atoms with Crippen LogP contribution >= 0.6 is 0 Å². The number of nitrogens with zero attached hydrogens (tertiary/aromatic N) is 2. The van der Waals surface area contributed by atoms with Crippen LogP contribution < -0.4 is 9.64 Å². The average molecular weight is 398 g/mol. The fourth-order valence-electron chi connectivity index (χ4n) is 3.78. The molecule has 0 aromatic heterocycles. The van der Waals surface area contributed by atoms with Gasteiger partial charge in [-0.1, -0.05) is 18.2 Å². The van der Waals surface area contributed by atoms with Crippen molar-refractivity contribution in [2.75, 3.05) is 31.1 Å². The number of ether oxygens (including phenoxy) is 1. The fraction of sp³-hybridized carbons (Fsp3) is 0.435. The number of rotatable bonds is 7. The Bertz CT molecular complexity index is 841. The van der Waals surface area contributed by atoms with Crippen molar-refractivity contribution in [1.82, 2.24) is 4.90 Å². The van der Waals surface area contributed by atoms with E-state index in [0.29, 0.717) is 37.7 Å². The molecular formula is C23H27FN2O3. The maximum atomic E-state index is 13.9. The van der Waals surface area contributed by atoms with E-state index in [2.05, 4.69) is 0 Å². The van der Waals surface area contributed by atoms with Gasteiger partial charge in [-0.25, -0.2) is 4.39 Å². The van der Waals surface area contributed by atoms with Crippen molar-refractivity contribution in [3.63, 3.8) is 0 Å². The lowest BCUT2D eigenvalue weighted by Gasteiger charge is -2.34. The van der Waals surface area contributed by atoms with E-state index >= 15 is 0 Å². The molecule has 1 heterocycles. The number of aliphatic hydroxyl groups excluding tert-OH is 1. The predicted octanol–water partition coefficient (Wildman–Crippen LogP) is 3.21. The van der Waals surface area contributed by atoms with Gasteiger partial charge in [0.2, 0.25) is 5.91 Å². The number of hydrogen-bond donors (Lipinski definition) is 1. The zero-order valence-electron chi connectivity index (χ0n) is 16.5. The number of amides is 1. The van der Waals surface area contributed by atoms with Gasteiger partial charge in [0.1, 0.15) is 24.3 Å². The second-order valence-electron chi connectivity index (χ2n) is 7.96. The van der Waals surface area contributed by atoms with Crippen molar-refractivity contribution in [3.05, 3.63) is 59.9 Å². The molecular weight excluding hydrogens is 371 g/mol. The quantitative estimate of drug-likeness (QED) is 0.778. The van der Waals surface area contributed by atoms with Crippen LogP contribution in [0.4, 0.5) is 10.1 Å². The molecule has 0 spiro atoms. The maximum Gasteiger partial charge on any atom is 0.224 e. The molecule has 4 rings (SSSR count). The van der Waals surface area contributed by atoms with Gasteiger partial charge in [-0.15, -0.1) is 0 Å². The average Bonchev–Trinajstić information content (AvgIpc) is 3.53. The number of carbonyl (C=O) groups excluding carboxylic acids is 1. The van der Waals surface area contributed by atoms with Crippen LogP contribution in [0, 0.1) is 11.7 Å². The molecule has 0 bridgehead atoms. The Morgan fingerprint density at radius 2 is 1.93 bits per heavy atom. The summed E-state index contributed by atoms with van der Waals surface area (Å²) in [5.41, 5.74) is 1.66. The summed E-state index contributed by atoms with van der Waals surface area (Å²) in [6.07, 6.45) is 1.99. The molecule has 2 aromatic carbocycles. The monoisotopic (exact) mass is 398 g/mol. The zero-order valence-corrected chi connectivity index (χ0v) is 16.5. The Labute approximate surface area is 170 Å². The number of anilines is 1. The van der Waals surface area contributed by atoms with Crippen LogP contribution in [0.3, 0.4) is 0 Å². The minimum absolute atomic E-state index is 0.0897. The van der Waals surface area contributed by atoms with Gasteiger partial charge in [0.05, 0.1) is 0 Å². The molecule has 1 fully saturated rings. The van der Waals surface area contributed by atoms with Gasteiger partial charge in [0, 0.05) is 38.3 Å². The number of hydrogen-bond acceptors (Lipinski definition) is 4. The number of halogens is 1. The van der Waals surface area contributed by atoms with E-state index in [4.69, 9.17) is 4.74 Å². The lowest BCUT2D eigenvalue weighted by atomic mass is 10.1. The summed E-state index contributed by atoms with van der Waals surface area (Å²) in [5.74, 6) is 1.07. The van der Waals surface area contributed by atoms with Crippen LogP contribution in [0.15, 0.2) is 48.5 Å². The molecule has 1 unspecified atom stereocenters. The van der Waals surface area contributed by atoms with Crippen molar-refractivity contribution < 1.29 is 19.0 Å². The Morgan fingerprint density at radius 1 is 1.14 bits per heavy atom. The highest BCUT2D eigenvalue weighted by Crippen LogP contribution is 2.32. The van der Waals surface area contributed by atoms with Gasteiger partial charge in [-0.3, -0.25) is 4.79 Å². The molecule has 0 saturated heterocycles. The fourth-order valence-corrected chi connectivity index (χ4v) is 3.78. The summed E-state index contributed by atoms with van der Waals surface area (Å²) >= 11 is 0. The summed E-state index contributed by atoms with van der Waals surface area (Å²) in [6.45, 7) is 2.12. The predicted molar refractivity (Wildman–Crippen MR) is 109 cm³/mol. The molecule has 1 amide bonds. The standard InChI is InChI=1S/C23H27FN2O3/c24-19-8-9-22-18(12-19)14-26(13-17-6-7-17)23(28)10-11-25(22)15-20(27)16-29-21-4-2-1-3-5-21/h1-5,8-9,12,17,20,27H,6-7,10-11,13-16H2. The molecule has 154 valence electrons. The van der Waals surface area contributed by atoms with E-state index in [0.717, 1.165) is 17.8 Å². The molecule has 6 heteroatoms. The molecule has 1 aliphatic carbocycles. The molecule has 1 N–H and O–H groups in total. The molecule has 2 aliphatic rings. The lowest BCUT2D eigenvalue weighted by molar-refractivity contribution is -0.132. The highest BCUT2D eigenvalue weighted by molar-refractivity contribution is 5.78. The van der Waals surface area contributed by atoms with Gasteiger partial charge < -0.3 is 19.6 Å². The van der Waals surface area contributed by atoms with Crippen LogP contribution in [0.5, 0.6) is 5.75 Å².